The Hall–Kier alpha value is -1.68. The van der Waals surface area contributed by atoms with Crippen LogP contribution in [-0.2, 0) is 6.42 Å². The maximum absolute atomic E-state index is 5.99. The van der Waals surface area contributed by atoms with Crippen LogP contribution in [0.1, 0.15) is 5.56 Å². The van der Waals surface area contributed by atoms with Crippen LogP contribution in [0, 0.1) is 0 Å². The predicted octanol–water partition coefficient (Wildman–Crippen LogP) is 3.72. The summed E-state index contributed by atoms with van der Waals surface area (Å²) >= 11 is 3.51. The smallest absolute Gasteiger partial charge is 0.133 e. The van der Waals surface area contributed by atoms with Gasteiger partial charge in [-0.2, -0.15) is 0 Å². The van der Waals surface area contributed by atoms with Crippen LogP contribution in [0.4, 0.5) is 11.4 Å². The second-order valence-electron chi connectivity index (χ2n) is 4.70. The maximum Gasteiger partial charge on any atom is 0.133 e. The fraction of sp³-hybridized carbons (Fsp3) is 0.250. The summed E-state index contributed by atoms with van der Waals surface area (Å²) in [5, 5.41) is 0. The molecule has 0 saturated carbocycles. The molecule has 4 heteroatoms. The third kappa shape index (κ3) is 3.45. The standard InChI is InChI=1S/C16H19BrN2O/c1-19(15-6-4-3-5-14(15)18)10-9-12-7-8-16(20-2)13(17)11-12/h3-8,11H,9-10,18H2,1-2H3. The molecule has 2 rings (SSSR count). The molecule has 0 aromatic heterocycles. The molecule has 2 aromatic carbocycles. The number of nitrogen functional groups attached to an aromatic ring is 1. The van der Waals surface area contributed by atoms with E-state index in [1.54, 1.807) is 7.11 Å². The molecule has 0 radical (unpaired) electrons. The predicted molar refractivity (Wildman–Crippen MR) is 88.5 cm³/mol. The first-order valence-electron chi connectivity index (χ1n) is 6.50. The van der Waals surface area contributed by atoms with Gasteiger partial charge in [-0.25, -0.2) is 0 Å². The Morgan fingerprint density at radius 1 is 1.20 bits per heavy atom. The summed E-state index contributed by atoms with van der Waals surface area (Å²) in [6.07, 6.45) is 0.952. The molecule has 0 unspecified atom stereocenters. The summed E-state index contributed by atoms with van der Waals surface area (Å²) in [7, 11) is 3.73. The number of rotatable bonds is 5. The van der Waals surface area contributed by atoms with Crippen molar-refractivity contribution in [2.24, 2.45) is 0 Å². The molecule has 2 N–H and O–H groups in total. The molecule has 0 heterocycles. The maximum atomic E-state index is 5.99. The summed E-state index contributed by atoms with van der Waals surface area (Å²) in [5.74, 6) is 0.856. The van der Waals surface area contributed by atoms with Crippen LogP contribution in [-0.4, -0.2) is 20.7 Å². The molecule has 0 fully saturated rings. The fourth-order valence-corrected chi connectivity index (χ4v) is 2.71. The molecule has 0 amide bonds. The van der Waals surface area contributed by atoms with Crippen molar-refractivity contribution in [2.45, 2.75) is 6.42 Å². The molecule has 106 valence electrons. The van der Waals surface area contributed by atoms with Crippen molar-refractivity contribution in [3.63, 3.8) is 0 Å². The molecule has 0 aliphatic carbocycles. The third-order valence-corrected chi connectivity index (χ3v) is 3.92. The molecule has 0 saturated heterocycles. The van der Waals surface area contributed by atoms with Crippen LogP contribution >= 0.6 is 15.9 Å². The van der Waals surface area contributed by atoms with E-state index in [9.17, 15) is 0 Å². The Balaban J connectivity index is 2.02. The van der Waals surface area contributed by atoms with Gasteiger partial charge in [-0.1, -0.05) is 18.2 Å². The van der Waals surface area contributed by atoms with Crippen molar-refractivity contribution in [1.29, 1.82) is 0 Å². The minimum absolute atomic E-state index is 0.811. The molecule has 0 aliphatic rings. The summed E-state index contributed by atoms with van der Waals surface area (Å²) in [6.45, 7) is 0.910. The van der Waals surface area contributed by atoms with E-state index in [1.165, 1.54) is 5.56 Å². The Morgan fingerprint density at radius 2 is 1.95 bits per heavy atom. The first kappa shape index (κ1) is 14.7. The normalized spacial score (nSPS) is 10.3. The number of hydrogen-bond donors (Lipinski definition) is 1. The number of halogens is 1. The number of hydrogen-bond acceptors (Lipinski definition) is 3. The van der Waals surface area contributed by atoms with Crippen LogP contribution < -0.4 is 15.4 Å². The first-order chi connectivity index (χ1) is 9.61. The summed E-state index contributed by atoms with van der Waals surface area (Å²) in [5.41, 5.74) is 9.13. The Kier molecular flexibility index (Phi) is 4.90. The van der Waals surface area contributed by atoms with Crippen molar-refractivity contribution >= 4 is 27.3 Å². The highest BCUT2D eigenvalue weighted by molar-refractivity contribution is 9.10. The van der Waals surface area contributed by atoms with Crippen LogP contribution in [0.25, 0.3) is 0 Å². The van der Waals surface area contributed by atoms with Gasteiger partial charge in [0, 0.05) is 13.6 Å². The largest absolute Gasteiger partial charge is 0.496 e. The Labute approximate surface area is 128 Å². The number of ether oxygens (including phenoxy) is 1. The fourth-order valence-electron chi connectivity index (χ4n) is 2.12. The van der Waals surface area contributed by atoms with Crippen LogP contribution in [0.3, 0.4) is 0 Å². The van der Waals surface area contributed by atoms with Gasteiger partial charge in [0.25, 0.3) is 0 Å². The van der Waals surface area contributed by atoms with Gasteiger partial charge < -0.3 is 15.4 Å². The highest BCUT2D eigenvalue weighted by Gasteiger charge is 2.06. The third-order valence-electron chi connectivity index (χ3n) is 3.30. The van der Waals surface area contributed by atoms with E-state index in [2.05, 4.69) is 40.0 Å². The molecular formula is C16H19BrN2O. The minimum Gasteiger partial charge on any atom is -0.496 e. The van der Waals surface area contributed by atoms with E-state index < -0.39 is 0 Å². The first-order valence-corrected chi connectivity index (χ1v) is 7.29. The minimum atomic E-state index is 0.811. The molecule has 0 aliphatic heterocycles. The van der Waals surface area contributed by atoms with E-state index in [1.807, 2.05) is 30.3 Å². The van der Waals surface area contributed by atoms with Crippen molar-refractivity contribution in [3.05, 3.63) is 52.5 Å². The molecule has 0 bridgehead atoms. The second kappa shape index (κ2) is 6.66. The van der Waals surface area contributed by atoms with Gasteiger partial charge in [0.05, 0.1) is 23.0 Å². The van der Waals surface area contributed by atoms with Gasteiger partial charge in [0.15, 0.2) is 0 Å². The van der Waals surface area contributed by atoms with Gasteiger partial charge in [-0.3, -0.25) is 0 Å². The molecule has 20 heavy (non-hydrogen) atoms. The van der Waals surface area contributed by atoms with E-state index >= 15 is 0 Å². The van der Waals surface area contributed by atoms with Gasteiger partial charge in [-0.15, -0.1) is 0 Å². The van der Waals surface area contributed by atoms with Gasteiger partial charge in [0.2, 0.25) is 0 Å². The van der Waals surface area contributed by atoms with Crippen molar-refractivity contribution < 1.29 is 4.74 Å². The van der Waals surface area contributed by atoms with E-state index in [0.29, 0.717) is 0 Å². The molecule has 3 nitrogen and oxygen atoms in total. The summed E-state index contributed by atoms with van der Waals surface area (Å²) in [6, 6.07) is 14.1. The molecule has 0 atom stereocenters. The van der Waals surface area contributed by atoms with Crippen LogP contribution in [0.5, 0.6) is 5.75 Å². The summed E-state index contributed by atoms with van der Waals surface area (Å²) < 4.78 is 6.22. The lowest BCUT2D eigenvalue weighted by Crippen LogP contribution is -2.21. The topological polar surface area (TPSA) is 38.5 Å². The van der Waals surface area contributed by atoms with Crippen molar-refractivity contribution in [3.8, 4) is 5.75 Å². The highest BCUT2D eigenvalue weighted by Crippen LogP contribution is 2.26. The SMILES string of the molecule is COc1ccc(CCN(C)c2ccccc2N)cc1Br. The number of likely N-dealkylation sites (N-methyl/N-ethyl adjacent to an activating group) is 1. The second-order valence-corrected chi connectivity index (χ2v) is 5.55. The van der Waals surface area contributed by atoms with Crippen molar-refractivity contribution in [1.82, 2.24) is 0 Å². The monoisotopic (exact) mass is 334 g/mol. The van der Waals surface area contributed by atoms with Gasteiger partial charge >= 0.3 is 0 Å². The number of para-hydroxylation sites is 2. The van der Waals surface area contributed by atoms with Crippen LogP contribution in [0.2, 0.25) is 0 Å². The summed E-state index contributed by atoms with van der Waals surface area (Å²) in [4.78, 5) is 2.17. The lowest BCUT2D eigenvalue weighted by molar-refractivity contribution is 0.412. The average molecular weight is 335 g/mol. The van der Waals surface area contributed by atoms with E-state index in [-0.39, 0.29) is 0 Å². The quantitative estimate of drug-likeness (QED) is 0.847. The average Bonchev–Trinajstić information content (AvgIpc) is 2.45. The lowest BCUT2D eigenvalue weighted by atomic mass is 10.1. The number of methoxy groups -OCH3 is 1. The van der Waals surface area contributed by atoms with Crippen molar-refractivity contribution in [2.75, 3.05) is 31.3 Å². The Bertz CT molecular complexity index is 586. The van der Waals surface area contributed by atoms with Crippen LogP contribution in [0.15, 0.2) is 46.9 Å². The highest BCUT2D eigenvalue weighted by atomic mass is 79.9. The van der Waals surface area contributed by atoms with E-state index in [0.717, 1.165) is 34.6 Å². The molecule has 2 aromatic rings. The molecular weight excluding hydrogens is 316 g/mol. The number of nitrogens with two attached hydrogens (primary N) is 1. The lowest BCUT2D eigenvalue weighted by Gasteiger charge is -2.21. The van der Waals surface area contributed by atoms with E-state index in [4.69, 9.17) is 10.5 Å². The number of benzene rings is 2. The van der Waals surface area contributed by atoms with Gasteiger partial charge in [-0.05, 0) is 52.2 Å². The Morgan fingerprint density at radius 3 is 2.60 bits per heavy atom. The zero-order chi connectivity index (χ0) is 14.5. The zero-order valence-corrected chi connectivity index (χ0v) is 13.4. The number of nitrogens with zero attached hydrogens (tertiary/aromatic N) is 1. The molecule has 0 spiro atoms. The number of anilines is 2. The zero-order valence-electron chi connectivity index (χ0n) is 11.8. The van der Waals surface area contributed by atoms with Gasteiger partial charge in [0.1, 0.15) is 5.75 Å².